The topological polar surface area (TPSA) is 49.3 Å². The van der Waals surface area contributed by atoms with Crippen molar-refractivity contribution in [2.24, 2.45) is 0 Å². The molecule has 5 nitrogen and oxygen atoms in total. The van der Waals surface area contributed by atoms with Crippen LogP contribution in [0, 0.1) is 0 Å². The summed E-state index contributed by atoms with van der Waals surface area (Å²) >= 11 is 0. The van der Waals surface area contributed by atoms with Crippen molar-refractivity contribution < 1.29 is 4.79 Å². The molecule has 0 bridgehead atoms. The number of amides is 1. The third-order valence-corrected chi connectivity index (χ3v) is 3.11. The summed E-state index contributed by atoms with van der Waals surface area (Å²) in [6.45, 7) is 6.84. The molecule has 1 aliphatic rings. The van der Waals surface area contributed by atoms with E-state index in [2.05, 4.69) is 21.8 Å². The average Bonchev–Trinajstić information content (AvgIpc) is 2.39. The number of piperazine rings is 1. The van der Waals surface area contributed by atoms with Gasteiger partial charge in [0, 0.05) is 45.5 Å². The van der Waals surface area contributed by atoms with E-state index in [0.29, 0.717) is 0 Å². The lowest BCUT2D eigenvalue weighted by atomic mass is 10.3. The molecule has 1 fully saturated rings. The van der Waals surface area contributed by atoms with Crippen molar-refractivity contribution >= 4 is 11.9 Å². The van der Waals surface area contributed by atoms with E-state index in [-0.39, 0.29) is 5.91 Å². The zero-order valence-electron chi connectivity index (χ0n) is 10.4. The van der Waals surface area contributed by atoms with Crippen LogP contribution in [0.3, 0.4) is 0 Å². The summed E-state index contributed by atoms with van der Waals surface area (Å²) in [7, 11) is 0. The molecular weight excluding hydrogens is 216 g/mol. The lowest BCUT2D eigenvalue weighted by molar-refractivity contribution is -0.129. The monoisotopic (exact) mass is 234 g/mol. The molecule has 2 heterocycles. The maximum absolute atomic E-state index is 11.2. The molecule has 1 aromatic rings. The van der Waals surface area contributed by atoms with Gasteiger partial charge in [0.25, 0.3) is 0 Å². The van der Waals surface area contributed by atoms with Gasteiger partial charge in [-0.15, -0.1) is 0 Å². The molecule has 0 saturated carbocycles. The second kappa shape index (κ2) is 5.12. The molecule has 17 heavy (non-hydrogen) atoms. The molecule has 0 spiro atoms. The van der Waals surface area contributed by atoms with Crippen LogP contribution in [-0.4, -0.2) is 47.0 Å². The Morgan fingerprint density at radius 1 is 1.24 bits per heavy atom. The van der Waals surface area contributed by atoms with Gasteiger partial charge < -0.3 is 9.80 Å². The fourth-order valence-electron chi connectivity index (χ4n) is 1.92. The Hall–Kier alpha value is -1.65. The number of carbonyl (C=O) groups is 1. The minimum Gasteiger partial charge on any atom is -0.339 e. The van der Waals surface area contributed by atoms with Gasteiger partial charge in [0.05, 0.1) is 0 Å². The zero-order chi connectivity index (χ0) is 12.3. The Bertz CT molecular complexity index is 382. The zero-order valence-corrected chi connectivity index (χ0v) is 10.4. The summed E-state index contributed by atoms with van der Waals surface area (Å²) in [5.74, 6) is 0.914. The van der Waals surface area contributed by atoms with Crippen LogP contribution in [0.15, 0.2) is 12.4 Å². The first kappa shape index (κ1) is 11.8. The van der Waals surface area contributed by atoms with E-state index in [1.165, 1.54) is 0 Å². The van der Waals surface area contributed by atoms with E-state index in [1.54, 1.807) is 6.92 Å². The van der Waals surface area contributed by atoms with Gasteiger partial charge in [0.15, 0.2) is 0 Å². The van der Waals surface area contributed by atoms with E-state index < -0.39 is 0 Å². The Labute approximate surface area is 101 Å². The van der Waals surface area contributed by atoms with Crippen LogP contribution in [0.4, 0.5) is 5.95 Å². The van der Waals surface area contributed by atoms with Crippen molar-refractivity contribution in [3.63, 3.8) is 0 Å². The maximum atomic E-state index is 11.2. The Kier molecular flexibility index (Phi) is 3.56. The van der Waals surface area contributed by atoms with Gasteiger partial charge in [-0.25, -0.2) is 9.97 Å². The van der Waals surface area contributed by atoms with Gasteiger partial charge >= 0.3 is 0 Å². The third-order valence-electron chi connectivity index (χ3n) is 3.11. The number of hydrogen-bond acceptors (Lipinski definition) is 4. The molecule has 1 amide bonds. The van der Waals surface area contributed by atoms with E-state index in [1.807, 2.05) is 17.3 Å². The molecular formula is C12H18N4O. The van der Waals surface area contributed by atoms with Crippen LogP contribution >= 0.6 is 0 Å². The summed E-state index contributed by atoms with van der Waals surface area (Å²) in [6, 6.07) is 0. The number of hydrogen-bond donors (Lipinski definition) is 0. The Morgan fingerprint density at radius 3 is 2.29 bits per heavy atom. The molecule has 0 aliphatic carbocycles. The number of carbonyl (C=O) groups excluding carboxylic acids is 1. The number of aromatic nitrogens is 2. The molecule has 1 aromatic heterocycles. The van der Waals surface area contributed by atoms with E-state index in [0.717, 1.165) is 44.1 Å². The van der Waals surface area contributed by atoms with Crippen LogP contribution in [0.5, 0.6) is 0 Å². The molecule has 1 aliphatic heterocycles. The van der Waals surface area contributed by atoms with E-state index in [9.17, 15) is 4.79 Å². The van der Waals surface area contributed by atoms with Crippen LogP contribution in [-0.2, 0) is 11.2 Å². The largest absolute Gasteiger partial charge is 0.339 e. The maximum Gasteiger partial charge on any atom is 0.225 e. The SMILES string of the molecule is CCc1cnc(N2CCN(C(C)=O)CC2)nc1. The fourth-order valence-corrected chi connectivity index (χ4v) is 1.92. The fraction of sp³-hybridized carbons (Fsp3) is 0.583. The van der Waals surface area contributed by atoms with Crippen molar-refractivity contribution in [2.45, 2.75) is 20.3 Å². The first-order valence-electron chi connectivity index (χ1n) is 6.02. The van der Waals surface area contributed by atoms with Gasteiger partial charge in [-0.1, -0.05) is 6.92 Å². The summed E-state index contributed by atoms with van der Waals surface area (Å²) in [4.78, 5) is 23.9. The van der Waals surface area contributed by atoms with Crippen molar-refractivity contribution in [1.29, 1.82) is 0 Å². The highest BCUT2D eigenvalue weighted by Gasteiger charge is 2.19. The quantitative estimate of drug-likeness (QED) is 0.756. The Balaban J connectivity index is 1.97. The van der Waals surface area contributed by atoms with Crippen LogP contribution in [0.25, 0.3) is 0 Å². The van der Waals surface area contributed by atoms with Crippen LogP contribution in [0.2, 0.25) is 0 Å². The minimum absolute atomic E-state index is 0.145. The van der Waals surface area contributed by atoms with Crippen LogP contribution < -0.4 is 4.90 Å². The third kappa shape index (κ3) is 2.72. The van der Waals surface area contributed by atoms with Gasteiger partial charge in [-0.05, 0) is 12.0 Å². The molecule has 0 unspecified atom stereocenters. The number of rotatable bonds is 2. The molecule has 0 radical (unpaired) electrons. The predicted octanol–water partition coefficient (Wildman–Crippen LogP) is 0.707. The summed E-state index contributed by atoms with van der Waals surface area (Å²) in [5, 5.41) is 0. The number of nitrogens with zero attached hydrogens (tertiary/aromatic N) is 4. The average molecular weight is 234 g/mol. The summed E-state index contributed by atoms with van der Waals surface area (Å²) < 4.78 is 0. The highest BCUT2D eigenvalue weighted by Crippen LogP contribution is 2.11. The first-order chi connectivity index (χ1) is 8.20. The lowest BCUT2D eigenvalue weighted by Gasteiger charge is -2.34. The standard InChI is InChI=1S/C12H18N4O/c1-3-11-8-13-12(14-9-11)16-6-4-15(5-7-16)10(2)17/h8-9H,3-7H2,1-2H3. The molecule has 0 atom stereocenters. The van der Waals surface area contributed by atoms with Gasteiger partial charge in [-0.2, -0.15) is 0 Å². The molecule has 92 valence electrons. The van der Waals surface area contributed by atoms with Crippen LogP contribution in [0.1, 0.15) is 19.4 Å². The van der Waals surface area contributed by atoms with Crippen molar-refractivity contribution in [2.75, 3.05) is 31.1 Å². The van der Waals surface area contributed by atoms with Gasteiger partial charge in [0.2, 0.25) is 11.9 Å². The molecule has 1 saturated heterocycles. The normalized spacial score (nSPS) is 16.1. The lowest BCUT2D eigenvalue weighted by Crippen LogP contribution is -2.48. The Morgan fingerprint density at radius 2 is 1.82 bits per heavy atom. The molecule has 5 heteroatoms. The van der Waals surface area contributed by atoms with Crippen molar-refractivity contribution in [3.8, 4) is 0 Å². The predicted molar refractivity (Wildman–Crippen MR) is 65.9 cm³/mol. The van der Waals surface area contributed by atoms with Crippen molar-refractivity contribution in [1.82, 2.24) is 14.9 Å². The van der Waals surface area contributed by atoms with E-state index >= 15 is 0 Å². The summed E-state index contributed by atoms with van der Waals surface area (Å²) in [6.07, 6.45) is 4.71. The molecule has 2 rings (SSSR count). The number of aryl methyl sites for hydroxylation is 1. The summed E-state index contributed by atoms with van der Waals surface area (Å²) in [5.41, 5.74) is 1.15. The second-order valence-corrected chi connectivity index (χ2v) is 4.24. The minimum atomic E-state index is 0.145. The van der Waals surface area contributed by atoms with Gasteiger partial charge in [0.1, 0.15) is 0 Å². The highest BCUT2D eigenvalue weighted by molar-refractivity contribution is 5.73. The second-order valence-electron chi connectivity index (χ2n) is 4.24. The molecule has 0 N–H and O–H groups in total. The van der Waals surface area contributed by atoms with Gasteiger partial charge in [-0.3, -0.25) is 4.79 Å². The van der Waals surface area contributed by atoms with E-state index in [4.69, 9.17) is 0 Å². The number of anilines is 1. The van der Waals surface area contributed by atoms with Crippen molar-refractivity contribution in [3.05, 3.63) is 18.0 Å². The highest BCUT2D eigenvalue weighted by atomic mass is 16.2. The smallest absolute Gasteiger partial charge is 0.225 e. The first-order valence-corrected chi connectivity index (χ1v) is 6.02. The molecule has 0 aromatic carbocycles.